The van der Waals surface area contributed by atoms with Gasteiger partial charge in [-0.1, -0.05) is 37.3 Å². The van der Waals surface area contributed by atoms with E-state index in [0.29, 0.717) is 5.56 Å². The van der Waals surface area contributed by atoms with Crippen LogP contribution in [0.3, 0.4) is 0 Å². The van der Waals surface area contributed by atoms with Gasteiger partial charge in [-0.3, -0.25) is 0 Å². The highest BCUT2D eigenvalue weighted by Crippen LogP contribution is 2.41. The molecular formula is C16H15F3O2. The summed E-state index contributed by atoms with van der Waals surface area (Å²) in [4.78, 5) is 0. The SMILES string of the molecule is CCC(O)(c1ccc(O)cc1)c1ccccc1C(F)(F)F. The van der Waals surface area contributed by atoms with Crippen molar-refractivity contribution in [3.8, 4) is 5.75 Å². The second-order valence-corrected chi connectivity index (χ2v) is 4.80. The molecule has 21 heavy (non-hydrogen) atoms. The quantitative estimate of drug-likeness (QED) is 0.897. The Bertz CT molecular complexity index is 620. The van der Waals surface area contributed by atoms with E-state index in [1.165, 1.54) is 42.5 Å². The van der Waals surface area contributed by atoms with Crippen LogP contribution in [0.25, 0.3) is 0 Å². The van der Waals surface area contributed by atoms with Crippen molar-refractivity contribution in [1.82, 2.24) is 0 Å². The largest absolute Gasteiger partial charge is 0.508 e. The van der Waals surface area contributed by atoms with Crippen LogP contribution in [0.15, 0.2) is 48.5 Å². The van der Waals surface area contributed by atoms with Gasteiger partial charge in [-0.05, 0) is 30.2 Å². The van der Waals surface area contributed by atoms with E-state index in [2.05, 4.69) is 0 Å². The molecule has 2 aromatic carbocycles. The number of hydrogen-bond donors (Lipinski definition) is 2. The van der Waals surface area contributed by atoms with Crippen molar-refractivity contribution >= 4 is 0 Å². The van der Waals surface area contributed by atoms with Crippen molar-refractivity contribution in [3.05, 3.63) is 65.2 Å². The van der Waals surface area contributed by atoms with Gasteiger partial charge in [0, 0.05) is 5.56 Å². The van der Waals surface area contributed by atoms with E-state index >= 15 is 0 Å². The summed E-state index contributed by atoms with van der Waals surface area (Å²) >= 11 is 0. The lowest BCUT2D eigenvalue weighted by atomic mass is 9.81. The van der Waals surface area contributed by atoms with Crippen LogP contribution in [-0.4, -0.2) is 10.2 Å². The third-order valence-corrected chi connectivity index (χ3v) is 3.53. The van der Waals surface area contributed by atoms with Gasteiger partial charge in [-0.25, -0.2) is 0 Å². The molecule has 0 fully saturated rings. The van der Waals surface area contributed by atoms with Crippen LogP contribution in [-0.2, 0) is 11.8 Å². The van der Waals surface area contributed by atoms with Crippen molar-refractivity contribution in [2.24, 2.45) is 0 Å². The lowest BCUT2D eigenvalue weighted by molar-refractivity contribution is -0.140. The van der Waals surface area contributed by atoms with E-state index in [-0.39, 0.29) is 17.7 Å². The highest BCUT2D eigenvalue weighted by Gasteiger charge is 2.40. The Balaban J connectivity index is 2.63. The van der Waals surface area contributed by atoms with Crippen LogP contribution in [0.2, 0.25) is 0 Å². The second kappa shape index (κ2) is 5.41. The number of benzene rings is 2. The maximum atomic E-state index is 13.1. The Kier molecular flexibility index (Phi) is 3.96. The summed E-state index contributed by atoms with van der Waals surface area (Å²) in [6.45, 7) is 1.61. The Morgan fingerprint density at radius 2 is 1.43 bits per heavy atom. The number of aliphatic hydroxyl groups is 1. The smallest absolute Gasteiger partial charge is 0.416 e. The minimum absolute atomic E-state index is 0.0127. The number of hydrogen-bond acceptors (Lipinski definition) is 2. The van der Waals surface area contributed by atoms with Gasteiger partial charge in [0.15, 0.2) is 0 Å². The number of phenols is 1. The molecule has 2 nitrogen and oxygen atoms in total. The molecule has 0 aromatic heterocycles. The molecule has 0 saturated carbocycles. The average Bonchev–Trinajstić information content (AvgIpc) is 2.46. The van der Waals surface area contributed by atoms with Crippen LogP contribution in [0.1, 0.15) is 30.0 Å². The summed E-state index contributed by atoms with van der Waals surface area (Å²) in [6.07, 6.45) is -4.47. The topological polar surface area (TPSA) is 40.5 Å². The predicted octanol–water partition coefficient (Wildman–Crippen LogP) is 4.06. The molecule has 1 unspecified atom stereocenters. The van der Waals surface area contributed by atoms with E-state index < -0.39 is 17.3 Å². The molecule has 1 atom stereocenters. The first kappa shape index (κ1) is 15.4. The van der Waals surface area contributed by atoms with Gasteiger partial charge in [-0.15, -0.1) is 0 Å². The lowest BCUT2D eigenvalue weighted by Gasteiger charge is -2.30. The normalized spacial score (nSPS) is 14.7. The zero-order valence-electron chi connectivity index (χ0n) is 11.4. The molecule has 0 aliphatic carbocycles. The van der Waals surface area contributed by atoms with Crippen LogP contribution in [0.4, 0.5) is 13.2 Å². The fourth-order valence-corrected chi connectivity index (χ4v) is 2.38. The van der Waals surface area contributed by atoms with Crippen molar-refractivity contribution in [1.29, 1.82) is 0 Å². The zero-order valence-corrected chi connectivity index (χ0v) is 11.4. The molecule has 0 spiro atoms. The van der Waals surface area contributed by atoms with Gasteiger partial charge in [0.25, 0.3) is 0 Å². The van der Waals surface area contributed by atoms with Gasteiger partial charge >= 0.3 is 6.18 Å². The van der Waals surface area contributed by atoms with Crippen LogP contribution in [0.5, 0.6) is 5.75 Å². The number of phenolic OH excluding ortho intramolecular Hbond substituents is 1. The van der Waals surface area contributed by atoms with Gasteiger partial charge in [0.2, 0.25) is 0 Å². The minimum atomic E-state index is -4.54. The van der Waals surface area contributed by atoms with E-state index in [1.807, 2.05) is 0 Å². The Hall–Kier alpha value is -2.01. The van der Waals surface area contributed by atoms with E-state index in [4.69, 9.17) is 0 Å². The monoisotopic (exact) mass is 296 g/mol. The molecule has 2 rings (SSSR count). The molecule has 0 saturated heterocycles. The third-order valence-electron chi connectivity index (χ3n) is 3.53. The van der Waals surface area contributed by atoms with Gasteiger partial charge < -0.3 is 10.2 Å². The standard InChI is InChI=1S/C16H15F3O2/c1-2-15(21,11-7-9-12(20)10-8-11)13-5-3-4-6-14(13)16(17,18)19/h3-10,20-21H,2H2,1H3. The Morgan fingerprint density at radius 1 is 0.905 bits per heavy atom. The van der Waals surface area contributed by atoms with E-state index in [1.54, 1.807) is 6.92 Å². The summed E-state index contributed by atoms with van der Waals surface area (Å²) in [5, 5.41) is 20.1. The second-order valence-electron chi connectivity index (χ2n) is 4.80. The first-order valence-electron chi connectivity index (χ1n) is 6.47. The molecule has 0 bridgehead atoms. The fourth-order valence-electron chi connectivity index (χ4n) is 2.38. The molecule has 0 aliphatic rings. The number of aromatic hydroxyl groups is 1. The van der Waals surface area contributed by atoms with Crippen molar-refractivity contribution in [2.45, 2.75) is 25.1 Å². The Morgan fingerprint density at radius 3 is 1.90 bits per heavy atom. The molecule has 112 valence electrons. The molecule has 0 amide bonds. The molecule has 0 heterocycles. The first-order chi connectivity index (χ1) is 9.79. The van der Waals surface area contributed by atoms with Crippen molar-refractivity contribution in [3.63, 3.8) is 0 Å². The van der Waals surface area contributed by atoms with Gasteiger partial charge in [0.1, 0.15) is 11.4 Å². The summed E-state index contributed by atoms with van der Waals surface area (Å²) in [6, 6.07) is 10.5. The molecular weight excluding hydrogens is 281 g/mol. The molecule has 0 aliphatic heterocycles. The number of rotatable bonds is 3. The number of halogens is 3. The predicted molar refractivity (Wildman–Crippen MR) is 72.8 cm³/mol. The summed E-state index contributed by atoms with van der Waals surface area (Å²) < 4.78 is 39.4. The summed E-state index contributed by atoms with van der Waals surface area (Å²) in [5.41, 5.74) is -2.51. The molecule has 2 aromatic rings. The summed E-state index contributed by atoms with van der Waals surface area (Å²) in [7, 11) is 0. The fraction of sp³-hybridized carbons (Fsp3) is 0.250. The van der Waals surface area contributed by atoms with Crippen LogP contribution in [0, 0.1) is 0 Å². The summed E-state index contributed by atoms with van der Waals surface area (Å²) in [5.74, 6) is -0.0127. The number of alkyl halides is 3. The lowest BCUT2D eigenvalue weighted by Crippen LogP contribution is -2.29. The molecule has 5 heteroatoms. The minimum Gasteiger partial charge on any atom is -0.508 e. The first-order valence-corrected chi connectivity index (χ1v) is 6.47. The molecule has 0 radical (unpaired) electrons. The van der Waals surface area contributed by atoms with Crippen molar-refractivity contribution in [2.75, 3.05) is 0 Å². The third kappa shape index (κ3) is 2.88. The van der Waals surface area contributed by atoms with Gasteiger partial charge in [-0.2, -0.15) is 13.2 Å². The van der Waals surface area contributed by atoms with E-state index in [9.17, 15) is 23.4 Å². The van der Waals surface area contributed by atoms with E-state index in [0.717, 1.165) is 6.07 Å². The highest BCUT2D eigenvalue weighted by molar-refractivity contribution is 5.43. The maximum Gasteiger partial charge on any atom is 0.416 e. The van der Waals surface area contributed by atoms with Crippen molar-refractivity contribution < 1.29 is 23.4 Å². The highest BCUT2D eigenvalue weighted by atomic mass is 19.4. The maximum absolute atomic E-state index is 13.1. The van der Waals surface area contributed by atoms with Gasteiger partial charge in [0.05, 0.1) is 5.56 Å². The molecule has 2 N–H and O–H groups in total. The zero-order chi connectivity index (χ0) is 15.7. The van der Waals surface area contributed by atoms with Crippen LogP contribution < -0.4 is 0 Å². The Labute approximate surface area is 120 Å². The average molecular weight is 296 g/mol. The van der Waals surface area contributed by atoms with Crippen LogP contribution >= 0.6 is 0 Å².